The van der Waals surface area contributed by atoms with E-state index in [0.29, 0.717) is 48.8 Å². The molecule has 1 saturated heterocycles. The Morgan fingerprint density at radius 1 is 1.11 bits per heavy atom. The molecule has 44 heavy (non-hydrogen) atoms. The number of amides is 2. The minimum absolute atomic E-state index is 0.0332. The number of halogens is 1. The van der Waals surface area contributed by atoms with E-state index in [4.69, 9.17) is 20.6 Å². The van der Waals surface area contributed by atoms with Crippen molar-refractivity contribution in [1.82, 2.24) is 19.5 Å². The zero-order chi connectivity index (χ0) is 30.5. The van der Waals surface area contributed by atoms with Gasteiger partial charge < -0.3 is 25.4 Å². The van der Waals surface area contributed by atoms with E-state index in [2.05, 4.69) is 12.1 Å². The second-order valence-electron chi connectivity index (χ2n) is 12.0. The van der Waals surface area contributed by atoms with Gasteiger partial charge in [0.2, 0.25) is 5.91 Å². The summed E-state index contributed by atoms with van der Waals surface area (Å²) in [6.45, 7) is 3.33. The summed E-state index contributed by atoms with van der Waals surface area (Å²) in [6.07, 6.45) is 3.33. The molecule has 2 atom stereocenters. The molecule has 1 unspecified atom stereocenters. The number of aromatic nitrogens is 3. The minimum atomic E-state index is -0.550. The number of nitrogens with zero attached hydrogens (tertiary/aromatic N) is 5. The predicted octanol–water partition coefficient (Wildman–Crippen LogP) is 3.86. The summed E-state index contributed by atoms with van der Waals surface area (Å²) < 4.78 is 23.5. The van der Waals surface area contributed by atoms with E-state index in [0.717, 1.165) is 30.5 Å². The largest absolute Gasteiger partial charge is 0.490 e. The van der Waals surface area contributed by atoms with E-state index in [1.165, 1.54) is 11.6 Å². The summed E-state index contributed by atoms with van der Waals surface area (Å²) in [5.74, 6) is -0.894. The number of carbonyl (C=O) groups is 2. The fourth-order valence-electron chi connectivity index (χ4n) is 6.59. The van der Waals surface area contributed by atoms with Crippen LogP contribution in [0, 0.1) is 11.7 Å². The molecule has 1 aliphatic carbocycles. The van der Waals surface area contributed by atoms with Crippen molar-refractivity contribution in [2.45, 2.75) is 44.6 Å². The highest BCUT2D eigenvalue weighted by atomic mass is 19.1. The lowest BCUT2D eigenvalue weighted by Crippen LogP contribution is -2.39. The van der Waals surface area contributed by atoms with Crippen LogP contribution < -0.4 is 15.4 Å². The van der Waals surface area contributed by atoms with E-state index in [1.54, 1.807) is 16.6 Å². The molecule has 2 fully saturated rings. The van der Waals surface area contributed by atoms with Crippen molar-refractivity contribution in [2.75, 3.05) is 37.7 Å². The molecule has 228 valence electrons. The molecule has 0 radical (unpaired) electrons. The van der Waals surface area contributed by atoms with Gasteiger partial charge in [-0.3, -0.25) is 9.59 Å². The van der Waals surface area contributed by atoms with Crippen LogP contribution >= 0.6 is 0 Å². The smallest absolute Gasteiger partial charge is 0.273 e. The molecule has 3 N–H and O–H groups in total. The number of rotatable bonds is 8. The highest BCUT2D eigenvalue weighted by Gasteiger charge is 2.33. The summed E-state index contributed by atoms with van der Waals surface area (Å²) in [5.41, 5.74) is 10.6. The number of benzene rings is 2. The Labute approximate surface area is 254 Å². The van der Waals surface area contributed by atoms with Gasteiger partial charge >= 0.3 is 0 Å². The van der Waals surface area contributed by atoms with Crippen LogP contribution in [0.15, 0.2) is 48.5 Å². The Kier molecular flexibility index (Phi) is 7.20. The lowest BCUT2D eigenvalue weighted by Gasteiger charge is -2.35. The van der Waals surface area contributed by atoms with Gasteiger partial charge in [0.1, 0.15) is 29.6 Å². The third-order valence-corrected chi connectivity index (χ3v) is 9.12. The van der Waals surface area contributed by atoms with Gasteiger partial charge in [-0.25, -0.2) is 13.9 Å². The van der Waals surface area contributed by atoms with Crippen LogP contribution in [0.4, 0.5) is 10.1 Å². The van der Waals surface area contributed by atoms with Crippen molar-refractivity contribution in [3.05, 3.63) is 76.9 Å². The lowest BCUT2D eigenvalue weighted by molar-refractivity contribution is -0.121. The van der Waals surface area contributed by atoms with Crippen LogP contribution in [0.3, 0.4) is 0 Å². The Hall–Kier alpha value is -4.51. The van der Waals surface area contributed by atoms with Crippen molar-refractivity contribution < 1.29 is 23.8 Å². The third kappa shape index (κ3) is 5.04. The molecule has 0 spiro atoms. The van der Waals surface area contributed by atoms with Crippen molar-refractivity contribution >= 4 is 23.1 Å². The number of aliphatic hydroxyl groups is 1. The van der Waals surface area contributed by atoms with Gasteiger partial charge in [0.25, 0.3) is 5.91 Å². The maximum Gasteiger partial charge on any atom is 0.273 e. The minimum Gasteiger partial charge on any atom is -0.490 e. The number of fused-ring (bicyclic) bond motifs is 2. The second kappa shape index (κ2) is 11.2. The number of carbonyl (C=O) groups excluding carboxylic acids is 2. The average molecular weight is 599 g/mol. The van der Waals surface area contributed by atoms with Crippen molar-refractivity contribution in [3.63, 3.8) is 0 Å². The number of hydrogen-bond acceptors (Lipinski definition) is 7. The monoisotopic (exact) mass is 598 g/mol. The van der Waals surface area contributed by atoms with Crippen LogP contribution in [-0.4, -0.2) is 69.3 Å². The Bertz CT molecular complexity index is 1770. The van der Waals surface area contributed by atoms with Crippen molar-refractivity contribution in [2.24, 2.45) is 11.7 Å². The Morgan fingerprint density at radius 3 is 2.68 bits per heavy atom. The molecule has 10 nitrogen and oxygen atoms in total. The number of hydrogen-bond donors (Lipinski definition) is 2. The second-order valence-corrected chi connectivity index (χ2v) is 12.0. The quantitative estimate of drug-likeness (QED) is 0.316. The zero-order valence-electron chi connectivity index (χ0n) is 24.6. The molecule has 2 aromatic carbocycles. The SMILES string of the molecule is C[C@@H]1c2ccccc2CCN1C(=O)c1cc(C2CC2)n2nc(-c3c(F)cc(N4CCC(C(N)=O)C4)cc3OCCO)cc2n1. The summed E-state index contributed by atoms with van der Waals surface area (Å²) in [4.78, 5) is 34.1. The zero-order valence-corrected chi connectivity index (χ0v) is 24.6. The molecule has 0 bridgehead atoms. The molecule has 7 rings (SSSR count). The normalized spacial score (nSPS) is 19.8. The number of primary amides is 1. The molecule has 3 aliphatic rings. The van der Waals surface area contributed by atoms with Crippen LogP contribution in [0.2, 0.25) is 0 Å². The first-order valence-corrected chi connectivity index (χ1v) is 15.2. The van der Waals surface area contributed by atoms with Crippen LogP contribution in [0.1, 0.15) is 65.5 Å². The highest BCUT2D eigenvalue weighted by molar-refractivity contribution is 5.93. The predicted molar refractivity (Wildman–Crippen MR) is 162 cm³/mol. The maximum absolute atomic E-state index is 16.0. The summed E-state index contributed by atoms with van der Waals surface area (Å²) in [5, 5.41) is 14.2. The van der Waals surface area contributed by atoms with Crippen LogP contribution in [0.5, 0.6) is 5.75 Å². The van der Waals surface area contributed by atoms with E-state index in [-0.39, 0.29) is 54.2 Å². The molecular weight excluding hydrogens is 563 g/mol. The summed E-state index contributed by atoms with van der Waals surface area (Å²) in [7, 11) is 0. The Balaban J connectivity index is 1.26. The van der Waals surface area contributed by atoms with E-state index < -0.39 is 5.82 Å². The number of ether oxygens (including phenoxy) is 1. The van der Waals surface area contributed by atoms with Gasteiger partial charge in [-0.15, -0.1) is 0 Å². The standard InChI is InChI=1S/C33H35FN6O4/c1-19-24-5-3-2-4-20(24)9-11-39(19)33(43)27-16-28(21-6-7-21)40-30(36-27)17-26(37-40)31-25(34)14-23(15-29(31)44-13-12-41)38-10-8-22(18-38)32(35)42/h2-5,14-17,19,21-22,41H,6-13,18H2,1H3,(H2,35,42)/t19-,22?/m1/s1. The lowest BCUT2D eigenvalue weighted by atomic mass is 9.93. The number of nitrogens with two attached hydrogens (primary N) is 1. The van der Waals surface area contributed by atoms with Gasteiger partial charge in [0, 0.05) is 49.1 Å². The molecule has 11 heteroatoms. The van der Waals surface area contributed by atoms with Crippen LogP contribution in [0.25, 0.3) is 16.9 Å². The van der Waals surface area contributed by atoms with Gasteiger partial charge in [0.05, 0.1) is 24.1 Å². The first-order chi connectivity index (χ1) is 21.3. The topological polar surface area (TPSA) is 126 Å². The molecule has 4 aromatic rings. The molecular formula is C33H35FN6O4. The van der Waals surface area contributed by atoms with E-state index in [1.807, 2.05) is 34.9 Å². The highest BCUT2D eigenvalue weighted by Crippen LogP contribution is 2.42. The van der Waals surface area contributed by atoms with Crippen molar-refractivity contribution in [3.8, 4) is 17.0 Å². The van der Waals surface area contributed by atoms with E-state index >= 15 is 4.39 Å². The molecule has 2 aliphatic heterocycles. The average Bonchev–Trinajstić information content (AvgIpc) is 3.57. The molecule has 2 aromatic heterocycles. The van der Waals surface area contributed by atoms with Gasteiger partial charge in [0.15, 0.2) is 5.65 Å². The van der Waals surface area contributed by atoms with Crippen molar-refractivity contribution in [1.29, 1.82) is 0 Å². The number of aliphatic hydroxyl groups excluding tert-OH is 1. The first kappa shape index (κ1) is 28.3. The maximum atomic E-state index is 16.0. The van der Waals surface area contributed by atoms with E-state index in [9.17, 15) is 14.7 Å². The van der Waals surface area contributed by atoms with Gasteiger partial charge in [-0.05, 0) is 55.9 Å². The fourth-order valence-corrected chi connectivity index (χ4v) is 6.59. The first-order valence-electron chi connectivity index (χ1n) is 15.2. The van der Waals surface area contributed by atoms with Gasteiger partial charge in [-0.1, -0.05) is 24.3 Å². The van der Waals surface area contributed by atoms with Gasteiger partial charge in [-0.2, -0.15) is 5.10 Å². The molecule has 4 heterocycles. The van der Waals surface area contributed by atoms with Crippen LogP contribution in [-0.2, 0) is 11.2 Å². The number of anilines is 1. The Morgan fingerprint density at radius 2 is 1.93 bits per heavy atom. The molecule has 2 amide bonds. The summed E-state index contributed by atoms with van der Waals surface area (Å²) >= 11 is 0. The summed E-state index contributed by atoms with van der Waals surface area (Å²) in [6, 6.07) is 14.8. The fraction of sp³-hybridized carbons (Fsp3) is 0.394. The molecule has 1 saturated carbocycles. The third-order valence-electron chi connectivity index (χ3n) is 9.12.